The molecule has 3 N–H and O–H groups in total. The Kier molecular flexibility index (Phi) is 65.0. The average Bonchev–Trinajstić information content (AvgIpc) is 1.06. The van der Waals surface area contributed by atoms with Crippen molar-refractivity contribution in [3.63, 3.8) is 0 Å². The average molecular weight is 1410 g/mol. The molecule has 6 atom stereocenters. The van der Waals surface area contributed by atoms with Crippen LogP contribution in [0.15, 0.2) is 0 Å². The highest BCUT2D eigenvalue weighted by atomic mass is 31.2. The van der Waals surface area contributed by atoms with Gasteiger partial charge in [-0.25, -0.2) is 9.13 Å². The molecule has 0 bridgehead atoms. The number of phosphoric ester groups is 2. The van der Waals surface area contributed by atoms with Crippen LogP contribution in [-0.2, 0) is 65.4 Å². The number of aliphatic hydroxyl groups is 1. The van der Waals surface area contributed by atoms with Crippen molar-refractivity contribution < 1.29 is 80.2 Å². The smallest absolute Gasteiger partial charge is 0.462 e. The summed E-state index contributed by atoms with van der Waals surface area (Å²) < 4.78 is 68.6. The molecule has 0 saturated carbocycles. The van der Waals surface area contributed by atoms with E-state index in [4.69, 9.17) is 37.0 Å². The van der Waals surface area contributed by atoms with E-state index in [2.05, 4.69) is 55.4 Å². The van der Waals surface area contributed by atoms with Crippen molar-refractivity contribution in [3.8, 4) is 0 Å². The van der Waals surface area contributed by atoms with Crippen LogP contribution in [0.4, 0.5) is 0 Å². The van der Waals surface area contributed by atoms with Crippen molar-refractivity contribution in [1.29, 1.82) is 0 Å². The molecule has 0 aromatic rings. The molecule has 0 fully saturated rings. The van der Waals surface area contributed by atoms with E-state index < -0.39 is 97.5 Å². The molecular weight excluding hydrogens is 1260 g/mol. The Balaban J connectivity index is 5.23. The van der Waals surface area contributed by atoms with Crippen LogP contribution < -0.4 is 0 Å². The fourth-order valence-electron chi connectivity index (χ4n) is 11.7. The monoisotopic (exact) mass is 1410 g/mol. The molecular formula is C77H150O17P2. The topological polar surface area (TPSA) is 237 Å². The highest BCUT2D eigenvalue weighted by Crippen LogP contribution is 2.45. The van der Waals surface area contributed by atoms with Gasteiger partial charge in [0.1, 0.15) is 19.3 Å². The first-order chi connectivity index (χ1) is 46.1. The number of aliphatic hydroxyl groups excluding tert-OH is 1. The zero-order valence-corrected chi connectivity index (χ0v) is 64.8. The van der Waals surface area contributed by atoms with Gasteiger partial charge in [0.2, 0.25) is 0 Å². The third kappa shape index (κ3) is 69.2. The molecule has 17 nitrogen and oxygen atoms in total. The summed E-state index contributed by atoms with van der Waals surface area (Å²) in [5.41, 5.74) is 0. The number of carbonyl (C=O) groups excluding carboxylic acids is 4. The van der Waals surface area contributed by atoms with Gasteiger partial charge in [0.05, 0.1) is 26.4 Å². The highest BCUT2D eigenvalue weighted by Gasteiger charge is 2.30. The third-order valence-electron chi connectivity index (χ3n) is 18.2. The normalized spacial score (nSPS) is 14.4. The molecule has 0 aromatic heterocycles. The molecule has 4 unspecified atom stereocenters. The predicted molar refractivity (Wildman–Crippen MR) is 391 cm³/mol. The highest BCUT2D eigenvalue weighted by molar-refractivity contribution is 7.47. The van der Waals surface area contributed by atoms with Gasteiger partial charge >= 0.3 is 39.5 Å². The van der Waals surface area contributed by atoms with Crippen LogP contribution >= 0.6 is 15.6 Å². The Bertz CT molecular complexity index is 1890. The summed E-state index contributed by atoms with van der Waals surface area (Å²) in [5.74, 6) is 0.955. The summed E-state index contributed by atoms with van der Waals surface area (Å²) in [5, 5.41) is 10.6. The van der Waals surface area contributed by atoms with E-state index in [9.17, 15) is 43.2 Å². The van der Waals surface area contributed by atoms with Crippen LogP contribution in [0.5, 0.6) is 0 Å². The number of rotatable bonds is 74. The molecule has 0 spiro atoms. The Labute approximate surface area is 588 Å². The molecule has 0 saturated heterocycles. The van der Waals surface area contributed by atoms with Gasteiger partial charge in [-0.15, -0.1) is 0 Å². The molecule has 96 heavy (non-hydrogen) atoms. The van der Waals surface area contributed by atoms with E-state index >= 15 is 0 Å². The molecule has 0 radical (unpaired) electrons. The summed E-state index contributed by atoms with van der Waals surface area (Å²) in [4.78, 5) is 72.8. The van der Waals surface area contributed by atoms with Gasteiger partial charge in [-0.3, -0.25) is 37.3 Å². The lowest BCUT2D eigenvalue weighted by Gasteiger charge is -2.21. The van der Waals surface area contributed by atoms with Gasteiger partial charge in [0, 0.05) is 25.7 Å². The Morgan fingerprint density at radius 1 is 0.292 bits per heavy atom. The molecule has 19 heteroatoms. The van der Waals surface area contributed by atoms with Crippen LogP contribution in [0.2, 0.25) is 0 Å². The van der Waals surface area contributed by atoms with E-state index in [-0.39, 0.29) is 25.7 Å². The maximum atomic E-state index is 13.1. The third-order valence-corrected chi connectivity index (χ3v) is 20.1. The van der Waals surface area contributed by atoms with Crippen LogP contribution in [0, 0.1) is 23.7 Å². The van der Waals surface area contributed by atoms with Crippen LogP contribution in [-0.4, -0.2) is 96.7 Å². The fourth-order valence-corrected chi connectivity index (χ4v) is 13.3. The number of esters is 4. The molecule has 0 aliphatic carbocycles. The zero-order valence-electron chi connectivity index (χ0n) is 63.0. The summed E-state index contributed by atoms with van der Waals surface area (Å²) in [6, 6.07) is 0. The second-order valence-corrected chi connectivity index (χ2v) is 32.3. The van der Waals surface area contributed by atoms with Gasteiger partial charge in [-0.2, -0.15) is 0 Å². The van der Waals surface area contributed by atoms with Crippen LogP contribution in [0.1, 0.15) is 389 Å². The minimum Gasteiger partial charge on any atom is -0.462 e. The molecule has 570 valence electrons. The predicted octanol–water partition coefficient (Wildman–Crippen LogP) is 22.4. The van der Waals surface area contributed by atoms with Crippen molar-refractivity contribution in [1.82, 2.24) is 0 Å². The van der Waals surface area contributed by atoms with E-state index in [1.165, 1.54) is 186 Å². The first kappa shape index (κ1) is 94.1. The zero-order chi connectivity index (χ0) is 71.0. The van der Waals surface area contributed by atoms with Gasteiger partial charge in [0.25, 0.3) is 0 Å². The van der Waals surface area contributed by atoms with E-state index in [1.54, 1.807) is 0 Å². The fraction of sp³-hybridized carbons (Fsp3) is 0.948. The van der Waals surface area contributed by atoms with E-state index in [0.29, 0.717) is 31.6 Å². The first-order valence-electron chi connectivity index (χ1n) is 39.7. The van der Waals surface area contributed by atoms with Crippen molar-refractivity contribution in [2.75, 3.05) is 39.6 Å². The number of phosphoric acid groups is 2. The standard InChI is InChI=1S/C77H150O17P2/c1-9-70(8)56-48-40-32-24-19-21-27-35-44-52-60-77(82)93-72(63-87-74(79)57-49-41-33-25-20-18-23-30-38-46-54-68(4)5)65-91-95(83,84)89-61-71(78)62-90-96(85,86)92-66-73(64-88-75(80)58-50-42-36-28-31-39-47-55-69(6)7)94-76(81)59-51-43-34-26-17-15-13-11-10-12-14-16-22-29-37-45-53-67(2)3/h67-73,78H,9-66H2,1-8H3,(H,83,84)(H,85,86)/t70?,71?,72-,73-/m1/s1. The summed E-state index contributed by atoms with van der Waals surface area (Å²) >= 11 is 0. The summed E-state index contributed by atoms with van der Waals surface area (Å²) in [6.45, 7) is 14.2. The van der Waals surface area contributed by atoms with Crippen LogP contribution in [0.3, 0.4) is 0 Å². The second-order valence-electron chi connectivity index (χ2n) is 29.4. The van der Waals surface area contributed by atoms with Crippen molar-refractivity contribution in [2.45, 2.75) is 408 Å². The van der Waals surface area contributed by atoms with Gasteiger partial charge in [0.15, 0.2) is 12.2 Å². The van der Waals surface area contributed by atoms with Gasteiger partial charge < -0.3 is 33.8 Å². The largest absolute Gasteiger partial charge is 0.472 e. The summed E-state index contributed by atoms with van der Waals surface area (Å²) in [7, 11) is -9.92. The number of ether oxygens (including phenoxy) is 4. The minimum absolute atomic E-state index is 0.106. The lowest BCUT2D eigenvalue weighted by atomic mass is 9.99. The van der Waals surface area contributed by atoms with Crippen LogP contribution in [0.25, 0.3) is 0 Å². The van der Waals surface area contributed by atoms with Crippen molar-refractivity contribution in [2.24, 2.45) is 23.7 Å². The molecule has 0 aliphatic heterocycles. The van der Waals surface area contributed by atoms with Crippen molar-refractivity contribution >= 4 is 39.5 Å². The van der Waals surface area contributed by atoms with Gasteiger partial charge in [-0.05, 0) is 49.4 Å². The molecule has 0 aromatic carbocycles. The number of carbonyl (C=O) groups is 4. The quantitative estimate of drug-likeness (QED) is 0.0222. The lowest BCUT2D eigenvalue weighted by molar-refractivity contribution is -0.161. The number of hydrogen-bond donors (Lipinski definition) is 3. The Hall–Kier alpha value is -1.94. The molecule has 0 rings (SSSR count). The number of hydrogen-bond acceptors (Lipinski definition) is 15. The molecule has 0 amide bonds. The maximum Gasteiger partial charge on any atom is 0.472 e. The Morgan fingerprint density at radius 2 is 0.500 bits per heavy atom. The lowest BCUT2D eigenvalue weighted by Crippen LogP contribution is -2.30. The van der Waals surface area contributed by atoms with E-state index in [1.807, 2.05) is 0 Å². The van der Waals surface area contributed by atoms with Crippen molar-refractivity contribution in [3.05, 3.63) is 0 Å². The molecule has 0 heterocycles. The first-order valence-corrected chi connectivity index (χ1v) is 42.7. The minimum atomic E-state index is -4.96. The Morgan fingerprint density at radius 3 is 0.740 bits per heavy atom. The number of unbranched alkanes of at least 4 members (excludes halogenated alkanes) is 39. The second kappa shape index (κ2) is 66.3. The molecule has 0 aliphatic rings. The summed E-state index contributed by atoms with van der Waals surface area (Å²) in [6.07, 6.45) is 51.3. The van der Waals surface area contributed by atoms with Gasteiger partial charge in [-0.1, -0.05) is 338 Å². The van der Waals surface area contributed by atoms with E-state index in [0.717, 1.165) is 114 Å². The maximum absolute atomic E-state index is 13.1. The SMILES string of the molecule is CCC(C)CCCCCCCCCCCCC(=O)O[C@H](COC(=O)CCCCCCCCCCCCC(C)C)COP(=O)(O)OCC(O)COP(=O)(O)OC[C@@H](COC(=O)CCCCCCCCCC(C)C)OC(=O)CCCCCCCCCCCCCCCCCCC(C)C.